The summed E-state index contributed by atoms with van der Waals surface area (Å²) in [5, 5.41) is 0. The van der Waals surface area contributed by atoms with Gasteiger partial charge in [-0.1, -0.05) is 0 Å². The molecule has 6 nitrogen and oxygen atoms in total. The maximum Gasteiger partial charge on any atom is 0.0895 e. The Labute approximate surface area is 185 Å². The Kier molecular flexibility index (Phi) is 4.11. The van der Waals surface area contributed by atoms with Gasteiger partial charge in [0.1, 0.15) is 0 Å². The van der Waals surface area contributed by atoms with Gasteiger partial charge in [-0.15, -0.1) is 0 Å². The van der Waals surface area contributed by atoms with Crippen LogP contribution in [0.1, 0.15) is 22.8 Å². The molecular formula is C26H22N6. The number of hydrogen-bond acceptors (Lipinski definition) is 2. The monoisotopic (exact) mass is 418 g/mol. The van der Waals surface area contributed by atoms with E-state index in [1.807, 2.05) is 31.2 Å². The van der Waals surface area contributed by atoms with Crippen molar-refractivity contribution >= 4 is 11.4 Å². The SMILES string of the molecule is Cc1ccc(C2=N/C(=C3\C=CC(c4ccc(-c5ccc(-c6ccc(C)[nH]6)[nH]5)[nH]4)=N3)C=C2)[nH]1. The highest BCUT2D eigenvalue weighted by Gasteiger charge is 2.16. The molecular weight excluding hydrogens is 396 g/mol. The standard InChI is InChI=1S/C26H22N6/c1-15-3-5-17(27-15)19-7-9-21(29-19)23-11-13-25(31-23)26-14-12-24(32-26)22-10-8-20(30-22)18-6-4-16(2)28-18/h3-14,27-29,31H,1-2H3/b24-22+. The van der Waals surface area contributed by atoms with E-state index in [2.05, 4.69) is 75.4 Å². The smallest absolute Gasteiger partial charge is 0.0895 e. The van der Waals surface area contributed by atoms with E-state index >= 15 is 0 Å². The van der Waals surface area contributed by atoms with E-state index in [1.165, 1.54) is 0 Å². The van der Waals surface area contributed by atoms with Gasteiger partial charge in [0, 0.05) is 11.4 Å². The van der Waals surface area contributed by atoms with Crippen LogP contribution in [0.4, 0.5) is 0 Å². The Morgan fingerprint density at radius 2 is 0.812 bits per heavy atom. The zero-order chi connectivity index (χ0) is 21.7. The van der Waals surface area contributed by atoms with Gasteiger partial charge in [0.05, 0.1) is 57.0 Å². The van der Waals surface area contributed by atoms with Crippen molar-refractivity contribution in [3.05, 3.63) is 107 Å². The molecule has 6 rings (SSSR count). The van der Waals surface area contributed by atoms with E-state index in [1.54, 1.807) is 0 Å². The van der Waals surface area contributed by atoms with Crippen LogP contribution in [0.25, 0.3) is 22.8 Å². The Bertz CT molecular complexity index is 1490. The van der Waals surface area contributed by atoms with E-state index in [0.717, 1.165) is 68.4 Å². The molecule has 32 heavy (non-hydrogen) atoms. The van der Waals surface area contributed by atoms with Crippen molar-refractivity contribution in [3.63, 3.8) is 0 Å². The lowest BCUT2D eigenvalue weighted by Gasteiger charge is -1.97. The molecule has 0 fully saturated rings. The summed E-state index contributed by atoms with van der Waals surface area (Å²) in [4.78, 5) is 23.2. The van der Waals surface area contributed by atoms with Gasteiger partial charge in [-0.05, 0) is 86.7 Å². The minimum atomic E-state index is 0.870. The third-order valence-electron chi connectivity index (χ3n) is 5.71. The lowest BCUT2D eigenvalue weighted by molar-refractivity contribution is 1.24. The van der Waals surface area contributed by atoms with Crippen LogP contribution in [-0.4, -0.2) is 31.4 Å². The summed E-state index contributed by atoms with van der Waals surface area (Å²) in [5.41, 5.74) is 12.0. The van der Waals surface area contributed by atoms with Gasteiger partial charge >= 0.3 is 0 Å². The Balaban J connectivity index is 1.25. The zero-order valence-electron chi connectivity index (χ0n) is 17.8. The van der Waals surface area contributed by atoms with Crippen molar-refractivity contribution in [1.82, 2.24) is 19.9 Å². The van der Waals surface area contributed by atoms with Gasteiger partial charge in [0.15, 0.2) is 0 Å². The molecule has 0 spiro atoms. The molecule has 0 saturated carbocycles. The second-order valence-electron chi connectivity index (χ2n) is 8.11. The predicted molar refractivity (Wildman–Crippen MR) is 129 cm³/mol. The molecule has 6 heterocycles. The molecule has 4 N–H and O–H groups in total. The maximum atomic E-state index is 4.81. The number of hydrogen-bond donors (Lipinski definition) is 4. The van der Waals surface area contributed by atoms with Gasteiger partial charge in [-0.2, -0.15) is 0 Å². The lowest BCUT2D eigenvalue weighted by atomic mass is 10.2. The van der Waals surface area contributed by atoms with Crippen LogP contribution in [0.15, 0.2) is 94.2 Å². The largest absolute Gasteiger partial charge is 0.357 e. The van der Waals surface area contributed by atoms with Gasteiger partial charge in [-0.25, -0.2) is 9.98 Å². The first-order valence-electron chi connectivity index (χ1n) is 10.6. The van der Waals surface area contributed by atoms with E-state index in [0.29, 0.717) is 0 Å². The van der Waals surface area contributed by atoms with Crippen LogP contribution in [-0.2, 0) is 0 Å². The van der Waals surface area contributed by atoms with Crippen molar-refractivity contribution in [1.29, 1.82) is 0 Å². The molecule has 2 aliphatic rings. The first-order valence-corrected chi connectivity index (χ1v) is 10.6. The number of aromatic amines is 4. The molecule has 0 radical (unpaired) electrons. The highest BCUT2D eigenvalue weighted by molar-refractivity contribution is 6.12. The number of aryl methyl sites for hydroxylation is 2. The van der Waals surface area contributed by atoms with Crippen LogP contribution in [0, 0.1) is 13.8 Å². The molecule has 6 heteroatoms. The summed E-state index contributed by atoms with van der Waals surface area (Å²) in [6.07, 6.45) is 8.08. The molecule has 4 aromatic heterocycles. The summed E-state index contributed by atoms with van der Waals surface area (Å²) >= 11 is 0. The van der Waals surface area contributed by atoms with Crippen LogP contribution in [0.5, 0.6) is 0 Å². The highest BCUT2D eigenvalue weighted by atomic mass is 14.9. The normalized spacial score (nSPS) is 17.4. The lowest BCUT2D eigenvalue weighted by Crippen LogP contribution is -1.94. The van der Waals surface area contributed by atoms with Crippen LogP contribution in [0.3, 0.4) is 0 Å². The molecule has 0 unspecified atom stereocenters. The fourth-order valence-corrected chi connectivity index (χ4v) is 4.04. The van der Waals surface area contributed by atoms with Gasteiger partial charge in [0.2, 0.25) is 0 Å². The molecule has 0 bridgehead atoms. The topological polar surface area (TPSA) is 87.9 Å². The Morgan fingerprint density at radius 3 is 1.31 bits per heavy atom. The van der Waals surface area contributed by atoms with Gasteiger partial charge in [-0.3, -0.25) is 0 Å². The fraction of sp³-hybridized carbons (Fsp3) is 0.0769. The number of nitrogens with zero attached hydrogens (tertiary/aromatic N) is 2. The van der Waals surface area contributed by atoms with Crippen molar-refractivity contribution in [2.45, 2.75) is 13.8 Å². The third-order valence-corrected chi connectivity index (χ3v) is 5.71. The average molecular weight is 419 g/mol. The number of aromatic nitrogens is 4. The molecule has 4 aromatic rings. The second-order valence-corrected chi connectivity index (χ2v) is 8.11. The van der Waals surface area contributed by atoms with E-state index in [9.17, 15) is 0 Å². The van der Waals surface area contributed by atoms with E-state index in [-0.39, 0.29) is 0 Å². The molecule has 0 atom stereocenters. The van der Waals surface area contributed by atoms with Crippen LogP contribution < -0.4 is 0 Å². The fourth-order valence-electron chi connectivity index (χ4n) is 4.04. The molecule has 0 saturated heterocycles. The minimum Gasteiger partial charge on any atom is -0.357 e. The van der Waals surface area contributed by atoms with Crippen molar-refractivity contribution < 1.29 is 0 Å². The zero-order valence-corrected chi connectivity index (χ0v) is 17.8. The summed E-state index contributed by atoms with van der Waals surface area (Å²) in [6.45, 7) is 4.09. The second kappa shape index (κ2) is 7.13. The molecule has 0 amide bonds. The summed E-state index contributed by atoms with van der Waals surface area (Å²) in [5.74, 6) is 0. The van der Waals surface area contributed by atoms with Crippen molar-refractivity contribution in [3.8, 4) is 22.8 Å². The Morgan fingerprint density at radius 1 is 0.438 bits per heavy atom. The van der Waals surface area contributed by atoms with Gasteiger partial charge < -0.3 is 19.9 Å². The van der Waals surface area contributed by atoms with Crippen LogP contribution in [0.2, 0.25) is 0 Å². The third kappa shape index (κ3) is 3.22. The molecule has 0 aliphatic carbocycles. The van der Waals surface area contributed by atoms with Crippen molar-refractivity contribution in [2.24, 2.45) is 9.98 Å². The highest BCUT2D eigenvalue weighted by Crippen LogP contribution is 2.26. The van der Waals surface area contributed by atoms with E-state index < -0.39 is 0 Å². The Hall–Kier alpha value is -4.32. The number of H-pyrrole nitrogens is 4. The minimum absolute atomic E-state index is 0.870. The summed E-state index contributed by atoms with van der Waals surface area (Å²) in [7, 11) is 0. The molecule has 156 valence electrons. The first kappa shape index (κ1) is 18.4. The summed E-state index contributed by atoms with van der Waals surface area (Å²) < 4.78 is 0. The average Bonchev–Trinajstić information content (AvgIpc) is 3.61. The first-order chi connectivity index (χ1) is 15.6. The van der Waals surface area contributed by atoms with E-state index in [4.69, 9.17) is 9.98 Å². The van der Waals surface area contributed by atoms with Crippen molar-refractivity contribution in [2.75, 3.05) is 0 Å². The quantitative estimate of drug-likeness (QED) is 0.333. The number of allylic oxidation sites excluding steroid dienone is 4. The maximum absolute atomic E-state index is 4.81. The number of rotatable bonds is 4. The van der Waals surface area contributed by atoms with Crippen LogP contribution >= 0.6 is 0 Å². The summed E-state index contributed by atoms with van der Waals surface area (Å²) in [6, 6.07) is 16.6. The van der Waals surface area contributed by atoms with Gasteiger partial charge in [0.25, 0.3) is 0 Å². The molecule has 0 aromatic carbocycles. The number of aliphatic imine (C=N–C) groups is 2. The molecule has 2 aliphatic heterocycles. The predicted octanol–water partition coefficient (Wildman–Crippen LogP) is 5.58. The number of nitrogens with one attached hydrogen (secondary N) is 4.